The van der Waals surface area contributed by atoms with E-state index in [1.165, 1.54) is 0 Å². The molecule has 0 aliphatic rings. The second-order valence-electron chi connectivity index (χ2n) is 5.86. The maximum atomic E-state index is 12.1. The third kappa shape index (κ3) is 5.78. The van der Waals surface area contributed by atoms with Gasteiger partial charge in [0.15, 0.2) is 5.96 Å². The van der Waals surface area contributed by atoms with Crippen LogP contribution in [-0.4, -0.2) is 48.5 Å². The Hall–Kier alpha value is -1.99. The number of aromatic nitrogens is 1. The molecule has 1 amide bonds. The van der Waals surface area contributed by atoms with Gasteiger partial charge in [-0.15, -0.1) is 0 Å². The number of guanidine groups is 1. The van der Waals surface area contributed by atoms with Crippen molar-refractivity contribution in [1.82, 2.24) is 20.1 Å². The maximum absolute atomic E-state index is 12.1. The Morgan fingerprint density at radius 2 is 2.04 bits per heavy atom. The number of carbonyl (C=O) groups excluding carboxylic acids is 1. The fourth-order valence-corrected chi connectivity index (χ4v) is 3.18. The van der Waals surface area contributed by atoms with Gasteiger partial charge in [0.1, 0.15) is 0 Å². The van der Waals surface area contributed by atoms with Crippen molar-refractivity contribution in [3.8, 4) is 0 Å². The topological polar surface area (TPSA) is 61.7 Å². The molecule has 0 saturated carbocycles. The van der Waals surface area contributed by atoms with Crippen LogP contribution in [-0.2, 0) is 13.6 Å². The minimum Gasteiger partial charge on any atom is -0.354 e. The summed E-state index contributed by atoms with van der Waals surface area (Å²) in [5.74, 6) is 0.647. The molecule has 0 spiro atoms. The summed E-state index contributed by atoms with van der Waals surface area (Å²) >= 11 is 9.39. The lowest BCUT2D eigenvalue weighted by molar-refractivity contribution is 0.0954. The van der Waals surface area contributed by atoms with Gasteiger partial charge in [0.05, 0.1) is 11.6 Å². The minimum absolute atomic E-state index is 0.102. The van der Waals surface area contributed by atoms with Crippen LogP contribution >= 0.6 is 27.5 Å². The fourth-order valence-electron chi connectivity index (χ4n) is 2.51. The molecule has 0 fully saturated rings. The molecule has 0 aliphatic carbocycles. The minimum atomic E-state index is -0.102. The van der Waals surface area contributed by atoms with E-state index in [9.17, 15) is 4.79 Å². The summed E-state index contributed by atoms with van der Waals surface area (Å²) < 4.78 is 2.87. The number of hydrogen-bond donors (Lipinski definition) is 2. The van der Waals surface area contributed by atoms with Crippen molar-refractivity contribution in [3.05, 3.63) is 57.3 Å². The molecule has 8 heteroatoms. The predicted molar refractivity (Wildman–Crippen MR) is 110 cm³/mol. The molecule has 0 saturated heterocycles. The summed E-state index contributed by atoms with van der Waals surface area (Å²) in [6.07, 6.45) is 1.87. The first-order chi connectivity index (χ1) is 12.4. The van der Waals surface area contributed by atoms with Gasteiger partial charge in [-0.3, -0.25) is 9.79 Å². The van der Waals surface area contributed by atoms with Crippen molar-refractivity contribution < 1.29 is 4.79 Å². The monoisotopic (exact) mass is 439 g/mol. The van der Waals surface area contributed by atoms with E-state index in [1.807, 2.05) is 48.0 Å². The standard InChI is InChI=1S/C18H23BrClN5O/c1-21-18(25(3)12-16-10-15(20)11-24(16)2)23-8-7-22-17(26)13-5-4-6-14(19)9-13/h4-6,9-11H,7-8,12H2,1-3H3,(H,21,23)(H,22,26). The van der Waals surface area contributed by atoms with Crippen LogP contribution in [0.3, 0.4) is 0 Å². The molecule has 26 heavy (non-hydrogen) atoms. The molecular weight excluding hydrogens is 418 g/mol. The number of hydrogen-bond acceptors (Lipinski definition) is 2. The molecular formula is C18H23BrClN5O. The molecule has 0 unspecified atom stereocenters. The Balaban J connectivity index is 1.79. The number of amides is 1. The average Bonchev–Trinajstić information content (AvgIpc) is 2.91. The molecule has 0 aliphatic heterocycles. The van der Waals surface area contributed by atoms with E-state index in [4.69, 9.17) is 11.6 Å². The molecule has 0 bridgehead atoms. The summed E-state index contributed by atoms with van der Waals surface area (Å²) in [6, 6.07) is 9.23. The molecule has 6 nitrogen and oxygen atoms in total. The molecule has 2 N–H and O–H groups in total. The lowest BCUT2D eigenvalue weighted by atomic mass is 10.2. The van der Waals surface area contributed by atoms with Crippen LogP contribution in [0.25, 0.3) is 0 Å². The number of nitrogens with zero attached hydrogens (tertiary/aromatic N) is 3. The van der Waals surface area contributed by atoms with Crippen molar-refractivity contribution in [3.63, 3.8) is 0 Å². The van der Waals surface area contributed by atoms with Crippen molar-refractivity contribution >= 4 is 39.4 Å². The number of carbonyl (C=O) groups is 1. The van der Waals surface area contributed by atoms with E-state index in [0.29, 0.717) is 30.2 Å². The lowest BCUT2D eigenvalue weighted by Crippen LogP contribution is -2.42. The van der Waals surface area contributed by atoms with Gasteiger partial charge in [0, 0.05) is 56.2 Å². The molecule has 2 rings (SSSR count). The van der Waals surface area contributed by atoms with Gasteiger partial charge in [-0.05, 0) is 24.3 Å². The summed E-state index contributed by atoms with van der Waals surface area (Å²) in [7, 11) is 5.65. The van der Waals surface area contributed by atoms with E-state index in [0.717, 1.165) is 16.1 Å². The Labute approximate surface area is 167 Å². The van der Waals surface area contributed by atoms with Crippen molar-refractivity contribution in [1.29, 1.82) is 0 Å². The first-order valence-electron chi connectivity index (χ1n) is 8.17. The maximum Gasteiger partial charge on any atom is 0.251 e. The van der Waals surface area contributed by atoms with Gasteiger partial charge in [-0.2, -0.15) is 0 Å². The van der Waals surface area contributed by atoms with Crippen LogP contribution in [0.2, 0.25) is 5.02 Å². The van der Waals surface area contributed by atoms with Gasteiger partial charge in [0.25, 0.3) is 5.91 Å². The van der Waals surface area contributed by atoms with Crippen LogP contribution in [0, 0.1) is 0 Å². The molecule has 0 radical (unpaired) electrons. The Morgan fingerprint density at radius 1 is 1.31 bits per heavy atom. The quantitative estimate of drug-likeness (QED) is 0.412. The number of rotatable bonds is 6. The summed E-state index contributed by atoms with van der Waals surface area (Å²) in [6.45, 7) is 1.74. The van der Waals surface area contributed by atoms with Crippen molar-refractivity contribution in [2.75, 3.05) is 27.2 Å². The van der Waals surface area contributed by atoms with Crippen LogP contribution in [0.1, 0.15) is 16.1 Å². The van der Waals surface area contributed by atoms with E-state index in [2.05, 4.69) is 31.6 Å². The number of benzene rings is 1. The molecule has 1 heterocycles. The third-order valence-corrected chi connectivity index (χ3v) is 4.53. The molecule has 1 aromatic heterocycles. The average molecular weight is 441 g/mol. The second kappa shape index (κ2) is 9.64. The van der Waals surface area contributed by atoms with Crippen LogP contribution < -0.4 is 10.6 Å². The molecule has 2 aromatic rings. The highest BCUT2D eigenvalue weighted by Crippen LogP contribution is 2.14. The Morgan fingerprint density at radius 3 is 2.65 bits per heavy atom. The van der Waals surface area contributed by atoms with E-state index in [-0.39, 0.29) is 5.91 Å². The van der Waals surface area contributed by atoms with Gasteiger partial charge in [0.2, 0.25) is 0 Å². The van der Waals surface area contributed by atoms with Crippen LogP contribution in [0.4, 0.5) is 0 Å². The van der Waals surface area contributed by atoms with Crippen LogP contribution in [0.15, 0.2) is 46.0 Å². The largest absolute Gasteiger partial charge is 0.354 e. The lowest BCUT2D eigenvalue weighted by Gasteiger charge is -2.22. The zero-order valence-electron chi connectivity index (χ0n) is 15.1. The van der Waals surface area contributed by atoms with Gasteiger partial charge >= 0.3 is 0 Å². The highest BCUT2D eigenvalue weighted by molar-refractivity contribution is 9.10. The molecule has 0 atom stereocenters. The zero-order valence-corrected chi connectivity index (χ0v) is 17.4. The first kappa shape index (κ1) is 20.3. The number of aliphatic imine (C=N–C) groups is 1. The van der Waals surface area contributed by atoms with E-state index >= 15 is 0 Å². The van der Waals surface area contributed by atoms with Crippen molar-refractivity contribution in [2.24, 2.45) is 12.0 Å². The zero-order chi connectivity index (χ0) is 19.1. The fraction of sp³-hybridized carbons (Fsp3) is 0.333. The normalized spacial score (nSPS) is 11.3. The number of nitrogens with one attached hydrogen (secondary N) is 2. The highest BCUT2D eigenvalue weighted by Gasteiger charge is 2.10. The Bertz CT molecular complexity index is 790. The van der Waals surface area contributed by atoms with Gasteiger partial charge < -0.3 is 20.1 Å². The smallest absolute Gasteiger partial charge is 0.251 e. The van der Waals surface area contributed by atoms with Crippen molar-refractivity contribution in [2.45, 2.75) is 6.54 Å². The summed E-state index contributed by atoms with van der Waals surface area (Å²) in [5, 5.41) is 6.85. The molecule has 140 valence electrons. The highest BCUT2D eigenvalue weighted by atomic mass is 79.9. The SMILES string of the molecule is CN=C(NCCNC(=O)c1cccc(Br)c1)N(C)Cc1cc(Cl)cn1C. The number of halogens is 2. The second-order valence-corrected chi connectivity index (χ2v) is 7.21. The van der Waals surface area contributed by atoms with E-state index < -0.39 is 0 Å². The summed E-state index contributed by atoms with van der Waals surface area (Å²) in [4.78, 5) is 18.4. The van der Waals surface area contributed by atoms with Crippen LogP contribution in [0.5, 0.6) is 0 Å². The summed E-state index contributed by atoms with van der Waals surface area (Å²) in [5.41, 5.74) is 1.71. The number of aryl methyl sites for hydroxylation is 1. The van der Waals surface area contributed by atoms with Gasteiger partial charge in [-0.25, -0.2) is 0 Å². The molecule has 1 aromatic carbocycles. The van der Waals surface area contributed by atoms with Gasteiger partial charge in [-0.1, -0.05) is 33.6 Å². The first-order valence-corrected chi connectivity index (χ1v) is 9.34. The Kier molecular flexibility index (Phi) is 7.53. The predicted octanol–water partition coefficient (Wildman–Crippen LogP) is 2.88. The third-order valence-electron chi connectivity index (χ3n) is 3.83. The van der Waals surface area contributed by atoms with E-state index in [1.54, 1.807) is 19.2 Å².